The third kappa shape index (κ3) is 4.03. The smallest absolute Gasteiger partial charge is 0.317 e. The molecule has 0 aromatic carbocycles. The van der Waals surface area contributed by atoms with Crippen LogP contribution in [0.4, 0.5) is 10.6 Å². The predicted molar refractivity (Wildman–Crippen MR) is 87.8 cm³/mol. The molecule has 1 atom stereocenters. The Morgan fingerprint density at radius 2 is 2.04 bits per heavy atom. The summed E-state index contributed by atoms with van der Waals surface area (Å²) in [6.45, 7) is 1.34. The molecular weight excluding hydrogens is 294 g/mol. The van der Waals surface area contributed by atoms with Crippen LogP contribution in [-0.2, 0) is 0 Å². The number of ether oxygens (including phenoxy) is 1. The number of urea groups is 1. The van der Waals surface area contributed by atoms with Crippen LogP contribution in [-0.4, -0.2) is 60.5 Å². The summed E-state index contributed by atoms with van der Waals surface area (Å²) < 4.78 is 5.85. The van der Waals surface area contributed by atoms with Gasteiger partial charge in [0.05, 0.1) is 6.54 Å². The molecule has 1 aromatic rings. The van der Waals surface area contributed by atoms with E-state index in [1.165, 1.54) is 12.8 Å². The molecule has 2 fully saturated rings. The topological polar surface area (TPSA) is 70.6 Å². The van der Waals surface area contributed by atoms with Crippen LogP contribution in [0.5, 0.6) is 5.88 Å². The van der Waals surface area contributed by atoms with E-state index in [0.29, 0.717) is 18.5 Å². The van der Waals surface area contributed by atoms with Crippen molar-refractivity contribution < 1.29 is 9.53 Å². The highest BCUT2D eigenvalue weighted by Gasteiger charge is 2.29. The Morgan fingerprint density at radius 3 is 2.70 bits per heavy atom. The summed E-state index contributed by atoms with van der Waals surface area (Å²) in [7, 11) is 3.84. The van der Waals surface area contributed by atoms with Gasteiger partial charge in [0, 0.05) is 39.2 Å². The van der Waals surface area contributed by atoms with Crippen LogP contribution in [0.2, 0.25) is 0 Å². The van der Waals surface area contributed by atoms with Crippen LogP contribution in [0.3, 0.4) is 0 Å². The Morgan fingerprint density at radius 1 is 1.26 bits per heavy atom. The van der Waals surface area contributed by atoms with Crippen molar-refractivity contribution in [2.45, 2.75) is 44.2 Å². The van der Waals surface area contributed by atoms with Gasteiger partial charge in [0.2, 0.25) is 5.88 Å². The maximum Gasteiger partial charge on any atom is 0.317 e. The van der Waals surface area contributed by atoms with Crippen molar-refractivity contribution in [1.29, 1.82) is 0 Å². The van der Waals surface area contributed by atoms with E-state index >= 15 is 0 Å². The lowest BCUT2D eigenvalue weighted by Crippen LogP contribution is -2.43. The highest BCUT2D eigenvalue weighted by molar-refractivity contribution is 5.74. The zero-order valence-corrected chi connectivity index (χ0v) is 13.9. The molecule has 1 N–H and O–H groups in total. The second kappa shape index (κ2) is 7.02. The fraction of sp³-hybridized carbons (Fsp3) is 0.688. The molecule has 7 heteroatoms. The molecular formula is C16H25N5O2. The van der Waals surface area contributed by atoms with Crippen molar-refractivity contribution in [3.8, 4) is 5.88 Å². The van der Waals surface area contributed by atoms with Gasteiger partial charge in [-0.1, -0.05) is 12.8 Å². The minimum Gasteiger partial charge on any atom is -0.471 e. The van der Waals surface area contributed by atoms with E-state index < -0.39 is 0 Å². The zero-order valence-electron chi connectivity index (χ0n) is 13.9. The van der Waals surface area contributed by atoms with Gasteiger partial charge in [-0.25, -0.2) is 4.79 Å². The number of anilines is 1. The number of nitrogens with zero attached hydrogens (tertiary/aromatic N) is 4. The molecule has 0 bridgehead atoms. The standard InChI is InChI=1S/C16H25N5O2/c1-20(2)14-7-8-15(19-18-14)23-13-9-10-21(11-13)16(22)17-12-5-3-4-6-12/h7-8,12-13H,3-6,9-11H2,1-2H3,(H,17,22). The molecule has 2 aliphatic rings. The third-order valence-electron chi connectivity index (χ3n) is 4.49. The Bertz CT molecular complexity index is 528. The molecule has 1 saturated heterocycles. The molecule has 1 aliphatic heterocycles. The number of carbonyl (C=O) groups excluding carboxylic acids is 1. The average molecular weight is 319 g/mol. The molecule has 2 amide bonds. The molecule has 7 nitrogen and oxygen atoms in total. The number of hydrogen-bond donors (Lipinski definition) is 1. The summed E-state index contributed by atoms with van der Waals surface area (Å²) in [5.74, 6) is 1.31. The Hall–Kier alpha value is -2.05. The molecule has 1 aromatic heterocycles. The van der Waals surface area contributed by atoms with Gasteiger partial charge in [0.1, 0.15) is 6.10 Å². The fourth-order valence-electron chi connectivity index (χ4n) is 3.13. The summed E-state index contributed by atoms with van der Waals surface area (Å²) in [5.41, 5.74) is 0. The van der Waals surface area contributed by atoms with Crippen molar-refractivity contribution in [3.63, 3.8) is 0 Å². The van der Waals surface area contributed by atoms with Crippen molar-refractivity contribution >= 4 is 11.8 Å². The largest absolute Gasteiger partial charge is 0.471 e. The lowest BCUT2D eigenvalue weighted by atomic mass is 10.2. The minimum absolute atomic E-state index is 0.0103. The molecule has 1 saturated carbocycles. The number of aromatic nitrogens is 2. The maximum absolute atomic E-state index is 12.2. The summed E-state index contributed by atoms with van der Waals surface area (Å²) >= 11 is 0. The van der Waals surface area contributed by atoms with Crippen LogP contribution in [0, 0.1) is 0 Å². The first kappa shape index (κ1) is 15.8. The molecule has 126 valence electrons. The second-order valence-electron chi connectivity index (χ2n) is 6.53. The number of rotatable bonds is 4. The van der Waals surface area contributed by atoms with E-state index in [4.69, 9.17) is 4.74 Å². The van der Waals surface area contributed by atoms with Gasteiger partial charge >= 0.3 is 6.03 Å². The molecule has 2 heterocycles. The Labute approximate surface area is 137 Å². The molecule has 23 heavy (non-hydrogen) atoms. The predicted octanol–water partition coefficient (Wildman–Crippen LogP) is 1.65. The van der Waals surface area contributed by atoms with Crippen LogP contribution >= 0.6 is 0 Å². The van der Waals surface area contributed by atoms with Crippen LogP contribution in [0.15, 0.2) is 12.1 Å². The number of likely N-dealkylation sites (tertiary alicyclic amines) is 1. The minimum atomic E-state index is -0.0103. The van der Waals surface area contributed by atoms with Gasteiger partial charge in [-0.3, -0.25) is 0 Å². The summed E-state index contributed by atoms with van der Waals surface area (Å²) in [5, 5.41) is 11.3. The first-order valence-corrected chi connectivity index (χ1v) is 8.35. The maximum atomic E-state index is 12.2. The highest BCUT2D eigenvalue weighted by Crippen LogP contribution is 2.20. The van der Waals surface area contributed by atoms with Gasteiger partial charge in [0.15, 0.2) is 5.82 Å². The van der Waals surface area contributed by atoms with E-state index in [2.05, 4.69) is 15.5 Å². The summed E-state index contributed by atoms with van der Waals surface area (Å²) in [6, 6.07) is 4.09. The molecule has 0 spiro atoms. The highest BCUT2D eigenvalue weighted by atomic mass is 16.5. The van der Waals surface area contributed by atoms with Crippen molar-refractivity contribution in [1.82, 2.24) is 20.4 Å². The Kier molecular flexibility index (Phi) is 4.83. The molecule has 3 rings (SSSR count). The number of hydrogen-bond acceptors (Lipinski definition) is 5. The van der Waals surface area contributed by atoms with E-state index in [-0.39, 0.29) is 12.1 Å². The van der Waals surface area contributed by atoms with E-state index in [1.807, 2.05) is 36.0 Å². The number of amides is 2. The number of nitrogens with one attached hydrogen (secondary N) is 1. The lowest BCUT2D eigenvalue weighted by Gasteiger charge is -2.20. The van der Waals surface area contributed by atoms with E-state index in [0.717, 1.165) is 31.6 Å². The van der Waals surface area contributed by atoms with Crippen LogP contribution in [0.1, 0.15) is 32.1 Å². The summed E-state index contributed by atoms with van der Waals surface area (Å²) in [4.78, 5) is 16.0. The SMILES string of the molecule is CN(C)c1ccc(OC2CCN(C(=O)NC3CCCC3)C2)nn1. The Balaban J connectivity index is 1.48. The molecule has 1 unspecified atom stereocenters. The van der Waals surface area contributed by atoms with Crippen molar-refractivity contribution in [3.05, 3.63) is 12.1 Å². The first-order valence-electron chi connectivity index (χ1n) is 8.35. The normalized spacial score (nSPS) is 21.5. The van der Waals surface area contributed by atoms with E-state index in [1.54, 1.807) is 0 Å². The second-order valence-corrected chi connectivity index (χ2v) is 6.53. The van der Waals surface area contributed by atoms with Crippen LogP contribution < -0.4 is 15.0 Å². The van der Waals surface area contributed by atoms with Crippen molar-refractivity contribution in [2.75, 3.05) is 32.1 Å². The fourth-order valence-corrected chi connectivity index (χ4v) is 3.13. The van der Waals surface area contributed by atoms with E-state index in [9.17, 15) is 4.79 Å². The van der Waals surface area contributed by atoms with Gasteiger partial charge in [0.25, 0.3) is 0 Å². The monoisotopic (exact) mass is 319 g/mol. The van der Waals surface area contributed by atoms with Crippen LogP contribution in [0.25, 0.3) is 0 Å². The summed E-state index contributed by atoms with van der Waals surface area (Å²) in [6.07, 6.45) is 5.47. The quantitative estimate of drug-likeness (QED) is 0.914. The third-order valence-corrected chi connectivity index (χ3v) is 4.49. The van der Waals surface area contributed by atoms with Crippen molar-refractivity contribution in [2.24, 2.45) is 0 Å². The molecule has 0 radical (unpaired) electrons. The van der Waals surface area contributed by atoms with Gasteiger partial charge in [-0.2, -0.15) is 0 Å². The zero-order chi connectivity index (χ0) is 16.2. The number of carbonyl (C=O) groups is 1. The molecule has 1 aliphatic carbocycles. The first-order chi connectivity index (χ1) is 11.1. The van der Waals surface area contributed by atoms with Gasteiger partial charge in [-0.15, -0.1) is 10.2 Å². The lowest BCUT2D eigenvalue weighted by molar-refractivity contribution is 0.180. The average Bonchev–Trinajstić information content (AvgIpc) is 3.19. The van der Waals surface area contributed by atoms with Gasteiger partial charge in [-0.05, 0) is 18.9 Å². The van der Waals surface area contributed by atoms with Gasteiger partial charge < -0.3 is 19.9 Å².